The standard InChI is InChI=1S/C20H23N5O2S/c1-2-21-16(26)13-28-20-22-18-17(15-11-7-4-8-12-24(15)20)19(27)25(23-18)14-9-5-3-6-10-14/h3,5-6,9-10H,2,4,7-8,11-13H2,1H3,(H,21,26). The molecule has 0 saturated carbocycles. The second-order valence-electron chi connectivity index (χ2n) is 6.80. The molecule has 0 unspecified atom stereocenters. The molecule has 1 N–H and O–H groups in total. The van der Waals surface area contributed by atoms with Crippen molar-refractivity contribution in [2.75, 3.05) is 12.3 Å². The maximum atomic E-state index is 13.2. The molecule has 1 aromatic rings. The van der Waals surface area contributed by atoms with E-state index in [1.165, 1.54) is 16.4 Å². The van der Waals surface area contributed by atoms with Crippen LogP contribution in [-0.2, 0) is 17.8 Å². The van der Waals surface area contributed by atoms with Gasteiger partial charge in [-0.1, -0.05) is 36.4 Å². The van der Waals surface area contributed by atoms with Gasteiger partial charge < -0.3 is 9.88 Å². The summed E-state index contributed by atoms with van der Waals surface area (Å²) in [5.74, 6) is 0.743. The minimum Gasteiger partial charge on any atom is -0.356 e. The van der Waals surface area contributed by atoms with E-state index in [0.29, 0.717) is 23.7 Å². The van der Waals surface area contributed by atoms with E-state index >= 15 is 0 Å². The number of para-hydroxylation sites is 1. The monoisotopic (exact) mass is 397 g/mol. The van der Waals surface area contributed by atoms with Gasteiger partial charge in [0.15, 0.2) is 11.0 Å². The van der Waals surface area contributed by atoms with Crippen molar-refractivity contribution in [3.8, 4) is 17.1 Å². The Kier molecular flexibility index (Phi) is 5.47. The molecule has 3 heterocycles. The minimum atomic E-state index is -0.125. The molecular formula is C20H23N5O2S. The molecule has 0 aromatic heterocycles. The molecule has 0 spiro atoms. The number of fused-ring (bicyclic) bond motifs is 3. The number of carbonyl (C=O) groups excluding carboxylic acids is 1. The summed E-state index contributed by atoms with van der Waals surface area (Å²) < 4.78 is 3.55. The summed E-state index contributed by atoms with van der Waals surface area (Å²) in [5.41, 5.74) is 2.20. The normalized spacial score (nSPS) is 13.9. The van der Waals surface area contributed by atoms with Crippen LogP contribution in [0, 0.1) is 0 Å². The summed E-state index contributed by atoms with van der Waals surface area (Å²) in [4.78, 5) is 29.8. The lowest BCUT2D eigenvalue weighted by atomic mass is 10.1. The molecule has 0 bridgehead atoms. The molecule has 0 atom stereocenters. The van der Waals surface area contributed by atoms with Crippen LogP contribution in [0.2, 0.25) is 0 Å². The van der Waals surface area contributed by atoms with Crippen molar-refractivity contribution >= 4 is 17.7 Å². The Morgan fingerprint density at radius 1 is 1.21 bits per heavy atom. The van der Waals surface area contributed by atoms with Crippen molar-refractivity contribution in [2.24, 2.45) is 0 Å². The van der Waals surface area contributed by atoms with Crippen molar-refractivity contribution in [1.29, 1.82) is 0 Å². The van der Waals surface area contributed by atoms with Crippen molar-refractivity contribution in [2.45, 2.75) is 44.3 Å². The highest BCUT2D eigenvalue weighted by Crippen LogP contribution is 2.30. The van der Waals surface area contributed by atoms with Gasteiger partial charge in [-0.25, -0.2) is 4.98 Å². The van der Waals surface area contributed by atoms with Crippen LogP contribution >= 0.6 is 11.8 Å². The van der Waals surface area contributed by atoms with Gasteiger partial charge in [-0.15, -0.1) is 5.10 Å². The molecule has 0 fully saturated rings. The topological polar surface area (TPSA) is 81.8 Å². The highest BCUT2D eigenvalue weighted by Gasteiger charge is 2.27. The minimum absolute atomic E-state index is 0.0169. The summed E-state index contributed by atoms with van der Waals surface area (Å²) in [5, 5.41) is 8.08. The summed E-state index contributed by atoms with van der Waals surface area (Å²) in [7, 11) is 0. The fraction of sp³-hybridized carbons (Fsp3) is 0.400. The molecule has 4 rings (SSSR count). The van der Waals surface area contributed by atoms with Crippen molar-refractivity contribution in [3.05, 3.63) is 46.4 Å². The number of aromatic nitrogens is 4. The number of rotatable bonds is 5. The lowest BCUT2D eigenvalue weighted by Gasteiger charge is -2.17. The SMILES string of the molecule is CCNC(=O)CSc1nc2nn(-c3ccccc3)c(=O)c-2c2n1CCCCC2. The zero-order valence-corrected chi connectivity index (χ0v) is 16.7. The van der Waals surface area contributed by atoms with Gasteiger partial charge in [-0.2, -0.15) is 4.68 Å². The molecule has 28 heavy (non-hydrogen) atoms. The average molecular weight is 398 g/mol. The second kappa shape index (κ2) is 8.18. The van der Waals surface area contributed by atoms with E-state index in [-0.39, 0.29) is 11.5 Å². The highest BCUT2D eigenvalue weighted by molar-refractivity contribution is 7.99. The van der Waals surface area contributed by atoms with E-state index in [2.05, 4.69) is 20.0 Å². The van der Waals surface area contributed by atoms with E-state index in [9.17, 15) is 9.59 Å². The largest absolute Gasteiger partial charge is 0.356 e. The molecule has 1 amide bonds. The van der Waals surface area contributed by atoms with Gasteiger partial charge in [-0.3, -0.25) is 9.59 Å². The number of nitrogens with zero attached hydrogens (tertiary/aromatic N) is 4. The predicted octanol–water partition coefficient (Wildman–Crippen LogP) is 2.49. The smallest absolute Gasteiger partial charge is 0.284 e. The lowest BCUT2D eigenvalue weighted by molar-refractivity contribution is -0.118. The number of nitrogens with one attached hydrogen (secondary N) is 1. The van der Waals surface area contributed by atoms with E-state index in [4.69, 9.17) is 0 Å². The first-order chi connectivity index (χ1) is 13.7. The first-order valence-corrected chi connectivity index (χ1v) is 10.6. The van der Waals surface area contributed by atoms with Crippen molar-refractivity contribution in [3.63, 3.8) is 0 Å². The molecule has 146 valence electrons. The summed E-state index contributed by atoms with van der Waals surface area (Å²) in [6.45, 7) is 3.32. The number of hydrogen-bond donors (Lipinski definition) is 1. The third kappa shape index (κ3) is 3.56. The average Bonchev–Trinajstić information content (AvgIpc) is 2.88. The first kappa shape index (κ1) is 18.7. The summed E-state index contributed by atoms with van der Waals surface area (Å²) in [6.07, 6.45) is 4.02. The van der Waals surface area contributed by atoms with E-state index in [0.717, 1.165) is 48.8 Å². The van der Waals surface area contributed by atoms with Gasteiger partial charge in [0.05, 0.1) is 11.4 Å². The lowest BCUT2D eigenvalue weighted by Crippen LogP contribution is -2.25. The quantitative estimate of drug-likeness (QED) is 0.528. The number of thioether (sulfide) groups is 1. The van der Waals surface area contributed by atoms with Crippen LogP contribution in [0.15, 0.2) is 40.3 Å². The molecule has 1 aromatic carbocycles. The predicted molar refractivity (Wildman–Crippen MR) is 109 cm³/mol. The zero-order chi connectivity index (χ0) is 19.5. The molecule has 3 aliphatic heterocycles. The van der Waals surface area contributed by atoms with Crippen LogP contribution in [0.25, 0.3) is 17.1 Å². The third-order valence-corrected chi connectivity index (χ3v) is 5.85. The van der Waals surface area contributed by atoms with E-state index in [1.807, 2.05) is 37.3 Å². The highest BCUT2D eigenvalue weighted by atomic mass is 32.2. The van der Waals surface area contributed by atoms with Crippen molar-refractivity contribution in [1.82, 2.24) is 24.6 Å². The van der Waals surface area contributed by atoms with Crippen molar-refractivity contribution < 1.29 is 4.79 Å². The molecule has 8 heteroatoms. The van der Waals surface area contributed by atoms with Gasteiger partial charge in [-0.05, 0) is 38.3 Å². The molecule has 3 aliphatic rings. The molecule has 7 nitrogen and oxygen atoms in total. The fourth-order valence-corrected chi connectivity index (χ4v) is 4.46. The number of benzene rings is 1. The molecule has 0 radical (unpaired) electrons. The Hall–Kier alpha value is -2.61. The fourth-order valence-electron chi connectivity index (χ4n) is 3.59. The van der Waals surface area contributed by atoms with Crippen LogP contribution in [0.4, 0.5) is 0 Å². The van der Waals surface area contributed by atoms with Crippen LogP contribution < -0.4 is 10.9 Å². The maximum absolute atomic E-state index is 13.2. The number of carbonyl (C=O) groups is 1. The first-order valence-electron chi connectivity index (χ1n) is 9.66. The molecular weight excluding hydrogens is 374 g/mol. The Labute approximate surface area is 167 Å². The van der Waals surface area contributed by atoms with Crippen LogP contribution in [0.5, 0.6) is 0 Å². The van der Waals surface area contributed by atoms with Crippen LogP contribution in [0.1, 0.15) is 31.9 Å². The maximum Gasteiger partial charge on any atom is 0.284 e. The Morgan fingerprint density at radius 2 is 2.04 bits per heavy atom. The van der Waals surface area contributed by atoms with Crippen LogP contribution in [0.3, 0.4) is 0 Å². The van der Waals surface area contributed by atoms with Gasteiger partial charge in [0, 0.05) is 18.8 Å². The number of amides is 1. The second-order valence-corrected chi connectivity index (χ2v) is 7.74. The number of hydrogen-bond acceptors (Lipinski definition) is 5. The molecule has 0 aliphatic carbocycles. The Bertz CT molecular complexity index is 1010. The zero-order valence-electron chi connectivity index (χ0n) is 15.9. The van der Waals surface area contributed by atoms with Crippen LogP contribution in [-0.4, -0.2) is 37.5 Å². The summed E-state index contributed by atoms with van der Waals surface area (Å²) >= 11 is 1.41. The summed E-state index contributed by atoms with van der Waals surface area (Å²) in [6, 6.07) is 9.41. The van der Waals surface area contributed by atoms with Gasteiger partial charge in [0.2, 0.25) is 5.91 Å². The van der Waals surface area contributed by atoms with Gasteiger partial charge in [0.1, 0.15) is 5.56 Å². The third-order valence-electron chi connectivity index (χ3n) is 4.87. The van der Waals surface area contributed by atoms with Gasteiger partial charge >= 0.3 is 0 Å². The molecule has 0 saturated heterocycles. The van der Waals surface area contributed by atoms with E-state index < -0.39 is 0 Å². The van der Waals surface area contributed by atoms with E-state index in [1.54, 1.807) is 0 Å². The van der Waals surface area contributed by atoms with Gasteiger partial charge in [0.25, 0.3) is 5.56 Å². The Balaban J connectivity index is 1.82. The Morgan fingerprint density at radius 3 is 2.82 bits per heavy atom.